The average molecular weight is 298 g/mol. The molecule has 7 nitrogen and oxygen atoms in total. The Bertz CT molecular complexity index is 770. The highest BCUT2D eigenvalue weighted by molar-refractivity contribution is 8.13. The lowest BCUT2D eigenvalue weighted by molar-refractivity contribution is 0.596. The second-order valence-electron chi connectivity index (χ2n) is 3.78. The first-order valence-corrected chi connectivity index (χ1v) is 7.39. The number of aryl methyl sites for hydroxylation is 2. The number of halogens is 1. The lowest BCUT2D eigenvalue weighted by Gasteiger charge is -2.05. The van der Waals surface area contributed by atoms with Gasteiger partial charge in [0.25, 0.3) is 15.0 Å². The van der Waals surface area contributed by atoms with Crippen LogP contribution in [0, 0.1) is 25.2 Å². The molecule has 0 amide bonds. The van der Waals surface area contributed by atoms with Crippen LogP contribution in [0.15, 0.2) is 17.3 Å². The SMILES string of the molecule is Cc1cc(C)nc(-n2ncc(C#N)c2S(=O)(=O)Cl)n1. The molecule has 0 aromatic carbocycles. The summed E-state index contributed by atoms with van der Waals surface area (Å²) in [6, 6.07) is 3.45. The van der Waals surface area contributed by atoms with E-state index in [1.54, 1.807) is 26.0 Å². The fraction of sp³-hybridized carbons (Fsp3) is 0.200. The topological polar surface area (TPSA) is 102 Å². The molecule has 0 radical (unpaired) electrons. The van der Waals surface area contributed by atoms with Gasteiger partial charge >= 0.3 is 0 Å². The van der Waals surface area contributed by atoms with E-state index in [2.05, 4.69) is 15.1 Å². The summed E-state index contributed by atoms with van der Waals surface area (Å²) in [5.74, 6) is 0.0539. The monoisotopic (exact) mass is 297 g/mol. The zero-order valence-corrected chi connectivity index (χ0v) is 11.6. The maximum atomic E-state index is 11.5. The second-order valence-corrected chi connectivity index (χ2v) is 6.26. The van der Waals surface area contributed by atoms with Gasteiger partial charge in [-0.05, 0) is 19.9 Å². The Balaban J connectivity index is 2.78. The predicted molar refractivity (Wildman–Crippen MR) is 66.4 cm³/mol. The number of hydrogen-bond donors (Lipinski definition) is 0. The van der Waals surface area contributed by atoms with E-state index in [0.29, 0.717) is 11.4 Å². The first-order valence-electron chi connectivity index (χ1n) is 5.08. The van der Waals surface area contributed by atoms with Gasteiger partial charge in [-0.2, -0.15) is 15.0 Å². The molecule has 0 aliphatic carbocycles. The fourth-order valence-electron chi connectivity index (χ4n) is 1.59. The second kappa shape index (κ2) is 4.60. The van der Waals surface area contributed by atoms with Crippen molar-refractivity contribution in [3.8, 4) is 12.0 Å². The van der Waals surface area contributed by atoms with Crippen LogP contribution in [0.25, 0.3) is 5.95 Å². The molecule has 2 aromatic heterocycles. The Morgan fingerprint density at radius 2 is 1.89 bits per heavy atom. The van der Waals surface area contributed by atoms with Crippen molar-refractivity contribution in [2.75, 3.05) is 0 Å². The van der Waals surface area contributed by atoms with Gasteiger partial charge in [-0.3, -0.25) is 0 Å². The van der Waals surface area contributed by atoms with E-state index in [0.717, 1.165) is 10.9 Å². The summed E-state index contributed by atoms with van der Waals surface area (Å²) in [6.07, 6.45) is 1.11. The minimum atomic E-state index is -4.14. The molecule has 2 heterocycles. The van der Waals surface area contributed by atoms with Gasteiger partial charge in [0.05, 0.1) is 6.20 Å². The van der Waals surface area contributed by atoms with Crippen LogP contribution in [0.4, 0.5) is 0 Å². The van der Waals surface area contributed by atoms with E-state index in [1.165, 1.54) is 0 Å². The van der Waals surface area contributed by atoms with Crippen molar-refractivity contribution in [2.24, 2.45) is 0 Å². The lowest BCUT2D eigenvalue weighted by atomic mass is 10.4. The highest BCUT2D eigenvalue weighted by Gasteiger charge is 2.25. The lowest BCUT2D eigenvalue weighted by Crippen LogP contribution is -2.10. The van der Waals surface area contributed by atoms with Crippen molar-refractivity contribution in [3.63, 3.8) is 0 Å². The fourth-order valence-corrected chi connectivity index (χ4v) is 2.73. The van der Waals surface area contributed by atoms with Crippen molar-refractivity contribution in [1.82, 2.24) is 19.7 Å². The van der Waals surface area contributed by atoms with Crippen molar-refractivity contribution < 1.29 is 8.42 Å². The Labute approximate surface area is 113 Å². The predicted octanol–water partition coefficient (Wildman–Crippen LogP) is 1.08. The Morgan fingerprint density at radius 1 is 1.32 bits per heavy atom. The highest BCUT2D eigenvalue weighted by atomic mass is 35.7. The molecule has 0 aliphatic heterocycles. The summed E-state index contributed by atoms with van der Waals surface area (Å²) >= 11 is 0. The quantitative estimate of drug-likeness (QED) is 0.769. The molecule has 2 aromatic rings. The van der Waals surface area contributed by atoms with Crippen LogP contribution in [-0.4, -0.2) is 28.2 Å². The summed E-state index contributed by atoms with van der Waals surface area (Å²) in [6.45, 7) is 3.48. The number of aromatic nitrogens is 4. The third kappa shape index (κ3) is 2.57. The molecular weight excluding hydrogens is 290 g/mol. The molecule has 0 saturated carbocycles. The molecule has 98 valence electrons. The summed E-state index contributed by atoms with van der Waals surface area (Å²) < 4.78 is 24.0. The van der Waals surface area contributed by atoms with Crippen LogP contribution in [0.3, 0.4) is 0 Å². The largest absolute Gasteiger partial charge is 0.280 e. The molecule has 19 heavy (non-hydrogen) atoms. The molecule has 0 fully saturated rings. The van der Waals surface area contributed by atoms with Crippen molar-refractivity contribution in [1.29, 1.82) is 5.26 Å². The van der Waals surface area contributed by atoms with Crippen LogP contribution >= 0.6 is 10.7 Å². The summed E-state index contributed by atoms with van der Waals surface area (Å²) in [5, 5.41) is 12.3. The Kier molecular flexibility index (Phi) is 3.26. The standard InChI is InChI=1S/C10H8ClN5O2S/c1-6-3-7(2)15-10(14-6)16-9(19(11,17)18)8(4-12)5-13-16/h3,5H,1-2H3. The molecule has 0 saturated heterocycles. The van der Waals surface area contributed by atoms with Gasteiger partial charge in [0.2, 0.25) is 0 Å². The number of nitriles is 1. The van der Waals surface area contributed by atoms with Crippen molar-refractivity contribution in [3.05, 3.63) is 29.2 Å². The van der Waals surface area contributed by atoms with E-state index in [4.69, 9.17) is 15.9 Å². The third-order valence-electron chi connectivity index (χ3n) is 2.24. The maximum Gasteiger partial charge on any atom is 0.280 e. The normalized spacial score (nSPS) is 11.3. The number of rotatable bonds is 2. The van der Waals surface area contributed by atoms with Crippen LogP contribution in [-0.2, 0) is 9.05 Å². The van der Waals surface area contributed by atoms with E-state index >= 15 is 0 Å². The molecular formula is C10H8ClN5O2S. The first-order chi connectivity index (χ1) is 8.82. The minimum Gasteiger partial charge on any atom is -0.216 e. The van der Waals surface area contributed by atoms with Crippen molar-refractivity contribution >= 4 is 19.7 Å². The van der Waals surface area contributed by atoms with Crippen LogP contribution in [0.5, 0.6) is 0 Å². The maximum absolute atomic E-state index is 11.5. The molecule has 0 aliphatic rings. The summed E-state index contributed by atoms with van der Waals surface area (Å²) in [5.41, 5.74) is 1.14. The first kappa shape index (κ1) is 13.5. The van der Waals surface area contributed by atoms with Gasteiger partial charge in [0.15, 0.2) is 5.03 Å². The molecule has 0 bridgehead atoms. The molecule has 2 rings (SSSR count). The molecule has 0 unspecified atom stereocenters. The molecule has 0 atom stereocenters. The Hall–Kier alpha value is -1.98. The number of hydrogen-bond acceptors (Lipinski definition) is 6. The molecule has 0 spiro atoms. The van der Waals surface area contributed by atoms with Crippen LogP contribution in [0.2, 0.25) is 0 Å². The summed E-state index contributed by atoms with van der Waals surface area (Å²) in [7, 11) is 1.19. The van der Waals surface area contributed by atoms with Gasteiger partial charge in [-0.1, -0.05) is 0 Å². The van der Waals surface area contributed by atoms with E-state index in [-0.39, 0.29) is 11.5 Å². The molecule has 0 N–H and O–H groups in total. The zero-order valence-electron chi connectivity index (χ0n) is 9.99. The smallest absolute Gasteiger partial charge is 0.216 e. The zero-order chi connectivity index (χ0) is 14.2. The van der Waals surface area contributed by atoms with Crippen LogP contribution in [0.1, 0.15) is 17.0 Å². The van der Waals surface area contributed by atoms with Crippen LogP contribution < -0.4 is 0 Å². The van der Waals surface area contributed by atoms with E-state index in [9.17, 15) is 8.42 Å². The minimum absolute atomic E-state index is 0.0539. The van der Waals surface area contributed by atoms with E-state index < -0.39 is 14.1 Å². The van der Waals surface area contributed by atoms with Gasteiger partial charge in [-0.25, -0.2) is 18.4 Å². The van der Waals surface area contributed by atoms with Crippen molar-refractivity contribution in [2.45, 2.75) is 18.9 Å². The highest BCUT2D eigenvalue weighted by Crippen LogP contribution is 2.21. The molecule has 9 heteroatoms. The number of nitrogens with zero attached hydrogens (tertiary/aromatic N) is 5. The Morgan fingerprint density at radius 3 is 2.37 bits per heavy atom. The van der Waals surface area contributed by atoms with E-state index in [1.807, 2.05) is 0 Å². The van der Waals surface area contributed by atoms with Gasteiger partial charge in [0, 0.05) is 22.1 Å². The summed E-state index contributed by atoms with van der Waals surface area (Å²) in [4.78, 5) is 8.17. The van der Waals surface area contributed by atoms with Gasteiger partial charge in [0.1, 0.15) is 11.6 Å². The van der Waals surface area contributed by atoms with Gasteiger partial charge in [-0.15, -0.1) is 0 Å². The van der Waals surface area contributed by atoms with Gasteiger partial charge < -0.3 is 0 Å². The average Bonchev–Trinajstić information content (AvgIpc) is 2.70. The third-order valence-corrected chi connectivity index (χ3v) is 3.53.